The van der Waals surface area contributed by atoms with Gasteiger partial charge in [0, 0.05) is 24.9 Å². The largest absolute Gasteiger partial charge is 0.457 e. The van der Waals surface area contributed by atoms with Crippen LogP contribution in [0, 0.1) is 0 Å². The van der Waals surface area contributed by atoms with Gasteiger partial charge >= 0.3 is 0 Å². The summed E-state index contributed by atoms with van der Waals surface area (Å²) in [5.74, 6) is 1.67. The molecule has 0 spiro atoms. The number of hydrogen-bond acceptors (Lipinski definition) is 3. The van der Waals surface area contributed by atoms with E-state index in [2.05, 4.69) is 5.32 Å². The SMILES string of the molecule is CCOCCNc1cccc(Oc2ccccc2)c1. The molecule has 2 aromatic carbocycles. The first kappa shape index (κ1) is 13.4. The Morgan fingerprint density at radius 3 is 2.53 bits per heavy atom. The van der Waals surface area contributed by atoms with Crippen molar-refractivity contribution in [2.24, 2.45) is 0 Å². The number of para-hydroxylation sites is 1. The topological polar surface area (TPSA) is 30.5 Å². The van der Waals surface area contributed by atoms with Gasteiger partial charge in [-0.3, -0.25) is 0 Å². The predicted octanol–water partition coefficient (Wildman–Crippen LogP) is 3.93. The summed E-state index contributed by atoms with van der Waals surface area (Å²) in [4.78, 5) is 0. The third-order valence-electron chi connectivity index (χ3n) is 2.59. The normalized spacial score (nSPS) is 10.2. The van der Waals surface area contributed by atoms with Crippen molar-refractivity contribution in [3.63, 3.8) is 0 Å². The van der Waals surface area contributed by atoms with Crippen LogP contribution in [0.1, 0.15) is 6.92 Å². The molecule has 0 aliphatic heterocycles. The van der Waals surface area contributed by atoms with Gasteiger partial charge in [0.25, 0.3) is 0 Å². The zero-order valence-electron chi connectivity index (χ0n) is 11.1. The average Bonchev–Trinajstić information content (AvgIpc) is 2.45. The molecule has 0 heterocycles. The number of benzene rings is 2. The van der Waals surface area contributed by atoms with Crippen molar-refractivity contribution in [1.29, 1.82) is 0 Å². The van der Waals surface area contributed by atoms with Crippen LogP contribution in [-0.4, -0.2) is 19.8 Å². The van der Waals surface area contributed by atoms with Gasteiger partial charge in [-0.15, -0.1) is 0 Å². The summed E-state index contributed by atoms with van der Waals surface area (Å²) in [7, 11) is 0. The van der Waals surface area contributed by atoms with Gasteiger partial charge < -0.3 is 14.8 Å². The van der Waals surface area contributed by atoms with Crippen molar-refractivity contribution in [3.05, 3.63) is 54.6 Å². The molecule has 0 amide bonds. The van der Waals surface area contributed by atoms with Gasteiger partial charge in [0.2, 0.25) is 0 Å². The van der Waals surface area contributed by atoms with E-state index in [0.717, 1.165) is 30.3 Å². The van der Waals surface area contributed by atoms with Gasteiger partial charge in [-0.25, -0.2) is 0 Å². The third kappa shape index (κ3) is 4.64. The first-order valence-electron chi connectivity index (χ1n) is 6.53. The maximum absolute atomic E-state index is 5.78. The zero-order valence-corrected chi connectivity index (χ0v) is 11.1. The molecule has 100 valence electrons. The van der Waals surface area contributed by atoms with Gasteiger partial charge in [0.1, 0.15) is 11.5 Å². The highest BCUT2D eigenvalue weighted by molar-refractivity contribution is 5.49. The summed E-state index contributed by atoms with van der Waals surface area (Å²) in [6.07, 6.45) is 0. The van der Waals surface area contributed by atoms with Crippen molar-refractivity contribution < 1.29 is 9.47 Å². The van der Waals surface area contributed by atoms with E-state index in [-0.39, 0.29) is 0 Å². The number of hydrogen-bond donors (Lipinski definition) is 1. The summed E-state index contributed by atoms with van der Waals surface area (Å²) in [6, 6.07) is 17.7. The molecule has 3 heteroatoms. The lowest BCUT2D eigenvalue weighted by molar-refractivity contribution is 0.158. The summed E-state index contributed by atoms with van der Waals surface area (Å²) in [5.41, 5.74) is 1.04. The van der Waals surface area contributed by atoms with Crippen LogP contribution in [0.2, 0.25) is 0 Å². The molecule has 0 aromatic heterocycles. The first-order valence-corrected chi connectivity index (χ1v) is 6.53. The van der Waals surface area contributed by atoms with Crippen molar-refractivity contribution in [3.8, 4) is 11.5 Å². The second kappa shape index (κ2) is 7.44. The molecule has 0 fully saturated rings. The minimum atomic E-state index is 0.709. The summed E-state index contributed by atoms with van der Waals surface area (Å²) in [6.45, 7) is 4.25. The molecule has 0 aliphatic rings. The standard InChI is InChI=1S/C16H19NO2/c1-2-18-12-11-17-14-7-6-10-16(13-14)19-15-8-4-3-5-9-15/h3-10,13,17H,2,11-12H2,1H3. The molecule has 0 saturated carbocycles. The monoisotopic (exact) mass is 257 g/mol. The summed E-state index contributed by atoms with van der Waals surface area (Å²) >= 11 is 0. The Balaban J connectivity index is 1.91. The van der Waals surface area contributed by atoms with E-state index in [1.54, 1.807) is 0 Å². The van der Waals surface area contributed by atoms with E-state index in [1.807, 2.05) is 61.5 Å². The van der Waals surface area contributed by atoms with Crippen LogP contribution in [0.15, 0.2) is 54.6 Å². The van der Waals surface area contributed by atoms with E-state index in [4.69, 9.17) is 9.47 Å². The molecule has 0 unspecified atom stereocenters. The molecule has 2 aromatic rings. The van der Waals surface area contributed by atoms with Gasteiger partial charge in [-0.05, 0) is 31.2 Å². The highest BCUT2D eigenvalue weighted by Gasteiger charge is 1.98. The minimum Gasteiger partial charge on any atom is -0.457 e. The van der Waals surface area contributed by atoms with Crippen molar-refractivity contribution in [2.75, 3.05) is 25.1 Å². The quantitative estimate of drug-likeness (QED) is 0.762. The maximum Gasteiger partial charge on any atom is 0.129 e. The molecule has 0 saturated heterocycles. The van der Waals surface area contributed by atoms with E-state index in [0.29, 0.717) is 6.61 Å². The van der Waals surface area contributed by atoms with Crippen LogP contribution in [0.4, 0.5) is 5.69 Å². The van der Waals surface area contributed by atoms with Crippen molar-refractivity contribution in [2.45, 2.75) is 6.92 Å². The average molecular weight is 257 g/mol. The molecule has 0 atom stereocenters. The Kier molecular flexibility index (Phi) is 5.26. The fourth-order valence-corrected chi connectivity index (χ4v) is 1.71. The molecule has 1 N–H and O–H groups in total. The molecule has 0 radical (unpaired) electrons. The lowest BCUT2D eigenvalue weighted by Crippen LogP contribution is -2.08. The smallest absolute Gasteiger partial charge is 0.129 e. The number of ether oxygens (including phenoxy) is 2. The zero-order chi connectivity index (χ0) is 13.3. The molecule has 19 heavy (non-hydrogen) atoms. The van der Waals surface area contributed by atoms with Gasteiger partial charge in [0.05, 0.1) is 6.61 Å². The van der Waals surface area contributed by atoms with Crippen LogP contribution in [0.25, 0.3) is 0 Å². The van der Waals surface area contributed by atoms with Crippen LogP contribution in [0.5, 0.6) is 11.5 Å². The van der Waals surface area contributed by atoms with Crippen molar-refractivity contribution in [1.82, 2.24) is 0 Å². The predicted molar refractivity (Wildman–Crippen MR) is 77.9 cm³/mol. The number of nitrogens with one attached hydrogen (secondary N) is 1. The molecular weight excluding hydrogens is 238 g/mol. The Hall–Kier alpha value is -2.00. The second-order valence-electron chi connectivity index (χ2n) is 4.07. The van der Waals surface area contributed by atoms with Gasteiger partial charge in [-0.1, -0.05) is 24.3 Å². The summed E-state index contributed by atoms with van der Waals surface area (Å²) in [5, 5.41) is 3.30. The fraction of sp³-hybridized carbons (Fsp3) is 0.250. The fourth-order valence-electron chi connectivity index (χ4n) is 1.71. The van der Waals surface area contributed by atoms with E-state index < -0.39 is 0 Å². The van der Waals surface area contributed by atoms with Gasteiger partial charge in [0.15, 0.2) is 0 Å². The number of rotatable bonds is 7. The molecule has 3 nitrogen and oxygen atoms in total. The Labute approximate surface area is 114 Å². The highest BCUT2D eigenvalue weighted by atomic mass is 16.5. The lowest BCUT2D eigenvalue weighted by Gasteiger charge is -2.09. The molecule has 0 aliphatic carbocycles. The molecule has 0 bridgehead atoms. The van der Waals surface area contributed by atoms with E-state index >= 15 is 0 Å². The minimum absolute atomic E-state index is 0.709. The Bertz CT molecular complexity index is 485. The third-order valence-corrected chi connectivity index (χ3v) is 2.59. The van der Waals surface area contributed by atoms with Crippen LogP contribution in [-0.2, 0) is 4.74 Å². The number of anilines is 1. The van der Waals surface area contributed by atoms with Gasteiger partial charge in [-0.2, -0.15) is 0 Å². The summed E-state index contributed by atoms with van der Waals surface area (Å²) < 4.78 is 11.1. The Morgan fingerprint density at radius 2 is 1.74 bits per heavy atom. The lowest BCUT2D eigenvalue weighted by atomic mass is 10.3. The first-order chi connectivity index (χ1) is 9.38. The maximum atomic E-state index is 5.78. The molecular formula is C16H19NO2. The van der Waals surface area contributed by atoms with E-state index in [9.17, 15) is 0 Å². The van der Waals surface area contributed by atoms with Crippen LogP contribution < -0.4 is 10.1 Å². The molecule has 2 rings (SSSR count). The van der Waals surface area contributed by atoms with Crippen LogP contribution in [0.3, 0.4) is 0 Å². The second-order valence-corrected chi connectivity index (χ2v) is 4.07. The van der Waals surface area contributed by atoms with E-state index in [1.165, 1.54) is 0 Å². The van der Waals surface area contributed by atoms with Crippen molar-refractivity contribution >= 4 is 5.69 Å². The highest BCUT2D eigenvalue weighted by Crippen LogP contribution is 2.23. The Morgan fingerprint density at radius 1 is 0.947 bits per heavy atom. The van der Waals surface area contributed by atoms with Crippen LogP contribution >= 0.6 is 0 Å².